The number of aromatic nitrogens is 4. The second-order valence-electron chi connectivity index (χ2n) is 10.9. The first-order valence-corrected chi connectivity index (χ1v) is 13.6. The molecule has 0 amide bonds. The van der Waals surface area contributed by atoms with Gasteiger partial charge in [-0.1, -0.05) is 13.0 Å². The van der Waals surface area contributed by atoms with Gasteiger partial charge in [0.2, 0.25) is 17.8 Å². The van der Waals surface area contributed by atoms with Gasteiger partial charge in [0.25, 0.3) is 5.56 Å². The van der Waals surface area contributed by atoms with Gasteiger partial charge in [-0.3, -0.25) is 9.69 Å². The van der Waals surface area contributed by atoms with E-state index in [1.54, 1.807) is 6.07 Å². The van der Waals surface area contributed by atoms with Crippen molar-refractivity contribution in [3.05, 3.63) is 34.2 Å². The molecule has 4 aliphatic heterocycles. The van der Waals surface area contributed by atoms with Gasteiger partial charge < -0.3 is 24.4 Å². The van der Waals surface area contributed by atoms with Crippen molar-refractivity contribution in [1.82, 2.24) is 24.4 Å². The Labute approximate surface area is 212 Å². The van der Waals surface area contributed by atoms with Crippen molar-refractivity contribution in [2.75, 3.05) is 80.7 Å². The molecule has 3 saturated heterocycles. The molecule has 0 spiro atoms. The van der Waals surface area contributed by atoms with Crippen LogP contribution in [0.1, 0.15) is 37.8 Å². The number of rotatable bonds is 6. The van der Waals surface area contributed by atoms with E-state index < -0.39 is 0 Å². The van der Waals surface area contributed by atoms with E-state index in [0.29, 0.717) is 17.8 Å². The van der Waals surface area contributed by atoms with E-state index in [1.807, 2.05) is 10.6 Å². The van der Waals surface area contributed by atoms with Crippen LogP contribution in [0.15, 0.2) is 23.0 Å². The molecule has 2 aromatic heterocycles. The molecule has 2 atom stereocenters. The maximum absolute atomic E-state index is 12.4. The predicted molar refractivity (Wildman–Crippen MR) is 140 cm³/mol. The highest BCUT2D eigenvalue weighted by molar-refractivity contribution is 5.46. The molecular weight excluding hydrogens is 456 g/mol. The number of anilines is 3. The van der Waals surface area contributed by atoms with Gasteiger partial charge in [0.05, 0.1) is 13.2 Å². The molecule has 2 aromatic rings. The van der Waals surface area contributed by atoms with Crippen LogP contribution < -0.4 is 20.7 Å². The van der Waals surface area contributed by atoms with Crippen LogP contribution >= 0.6 is 0 Å². The molecule has 4 aliphatic rings. The Hall–Kier alpha value is -2.72. The smallest absolute Gasteiger partial charge is 0.250 e. The summed E-state index contributed by atoms with van der Waals surface area (Å²) in [5, 5.41) is 3.49. The van der Waals surface area contributed by atoms with E-state index in [4.69, 9.17) is 19.7 Å². The Morgan fingerprint density at radius 1 is 0.972 bits per heavy atom. The summed E-state index contributed by atoms with van der Waals surface area (Å²) in [6.45, 7) is 12.1. The molecule has 0 saturated carbocycles. The van der Waals surface area contributed by atoms with Crippen molar-refractivity contribution in [2.45, 2.75) is 38.6 Å². The Morgan fingerprint density at radius 3 is 2.56 bits per heavy atom. The molecule has 6 rings (SSSR count). The fourth-order valence-corrected chi connectivity index (χ4v) is 6.13. The molecule has 3 fully saturated rings. The highest BCUT2D eigenvalue weighted by atomic mass is 16.5. The van der Waals surface area contributed by atoms with Crippen LogP contribution in [0, 0.1) is 11.8 Å². The van der Waals surface area contributed by atoms with Gasteiger partial charge in [0.15, 0.2) is 0 Å². The van der Waals surface area contributed by atoms with Gasteiger partial charge in [0, 0.05) is 76.6 Å². The van der Waals surface area contributed by atoms with Crippen LogP contribution in [0.2, 0.25) is 0 Å². The van der Waals surface area contributed by atoms with Crippen LogP contribution in [0.5, 0.6) is 0 Å². The number of ether oxygens (including phenoxy) is 1. The highest BCUT2D eigenvalue weighted by Gasteiger charge is 2.36. The third kappa shape index (κ3) is 5.06. The summed E-state index contributed by atoms with van der Waals surface area (Å²) in [7, 11) is 0. The van der Waals surface area contributed by atoms with Crippen LogP contribution in [-0.2, 0) is 11.3 Å². The van der Waals surface area contributed by atoms with Crippen molar-refractivity contribution >= 4 is 17.8 Å². The monoisotopic (exact) mass is 494 g/mol. The van der Waals surface area contributed by atoms with Gasteiger partial charge in [0.1, 0.15) is 0 Å². The number of nitrogens with one attached hydrogen (secondary N) is 1. The van der Waals surface area contributed by atoms with Gasteiger partial charge in [-0.15, -0.1) is 0 Å². The quantitative estimate of drug-likeness (QED) is 0.643. The molecule has 36 heavy (non-hydrogen) atoms. The Kier molecular flexibility index (Phi) is 6.79. The zero-order chi connectivity index (χ0) is 24.5. The van der Waals surface area contributed by atoms with Gasteiger partial charge in [-0.2, -0.15) is 15.0 Å². The number of nitrogens with zero attached hydrogens (tertiary/aromatic N) is 7. The number of piperidine rings is 2. The molecule has 10 nitrogen and oxygen atoms in total. The fraction of sp³-hybridized carbons (Fsp3) is 0.692. The van der Waals surface area contributed by atoms with Crippen molar-refractivity contribution < 1.29 is 4.74 Å². The van der Waals surface area contributed by atoms with Crippen LogP contribution in [-0.4, -0.2) is 90.0 Å². The minimum Gasteiger partial charge on any atom is -0.379 e. The molecule has 0 aromatic carbocycles. The first kappa shape index (κ1) is 23.7. The number of pyridine rings is 1. The largest absolute Gasteiger partial charge is 0.379 e. The number of hydrogen-bond donors (Lipinski definition) is 1. The van der Waals surface area contributed by atoms with Gasteiger partial charge in [-0.05, 0) is 37.2 Å². The summed E-state index contributed by atoms with van der Waals surface area (Å²) in [4.78, 5) is 34.3. The minimum atomic E-state index is 0.115. The van der Waals surface area contributed by atoms with Crippen molar-refractivity contribution in [1.29, 1.82) is 0 Å². The molecule has 2 bridgehead atoms. The van der Waals surface area contributed by atoms with Crippen LogP contribution in [0.3, 0.4) is 0 Å². The van der Waals surface area contributed by atoms with E-state index >= 15 is 0 Å². The summed E-state index contributed by atoms with van der Waals surface area (Å²) in [5.41, 5.74) is 1.26. The number of hydrogen-bond acceptors (Lipinski definition) is 9. The summed E-state index contributed by atoms with van der Waals surface area (Å²) in [5.74, 6) is 3.69. The normalized spacial score (nSPS) is 25.0. The third-order valence-electron chi connectivity index (χ3n) is 8.26. The number of fused-ring (bicyclic) bond motifs is 4. The molecule has 0 radical (unpaired) electrons. The molecule has 0 unspecified atom stereocenters. The van der Waals surface area contributed by atoms with E-state index in [1.165, 1.54) is 12.8 Å². The van der Waals surface area contributed by atoms with Crippen molar-refractivity contribution in [3.63, 3.8) is 0 Å². The topological polar surface area (TPSA) is 91.7 Å². The van der Waals surface area contributed by atoms with Gasteiger partial charge in [-0.25, -0.2) is 0 Å². The maximum atomic E-state index is 12.4. The van der Waals surface area contributed by atoms with Crippen LogP contribution in [0.4, 0.5) is 17.8 Å². The predicted octanol–water partition coefficient (Wildman–Crippen LogP) is 1.64. The summed E-state index contributed by atoms with van der Waals surface area (Å²) >= 11 is 0. The van der Waals surface area contributed by atoms with E-state index in [9.17, 15) is 4.79 Å². The molecule has 194 valence electrons. The van der Waals surface area contributed by atoms with E-state index in [-0.39, 0.29) is 5.56 Å². The zero-order valence-electron chi connectivity index (χ0n) is 21.3. The zero-order valence-corrected chi connectivity index (χ0v) is 21.3. The van der Waals surface area contributed by atoms with Crippen LogP contribution in [0.25, 0.3) is 0 Å². The second kappa shape index (κ2) is 10.3. The van der Waals surface area contributed by atoms with Crippen molar-refractivity contribution in [3.8, 4) is 0 Å². The SMILES string of the molecule is CC1CCN(c2nc(NCCN3CCOCC3)nc(N3C[C@@H]4C[C@@H](C3)c3cccc(=O)n3C4)n2)CC1. The Bertz CT molecular complexity index is 1110. The highest BCUT2D eigenvalue weighted by Crippen LogP contribution is 2.36. The average Bonchev–Trinajstić information content (AvgIpc) is 2.90. The Morgan fingerprint density at radius 2 is 1.75 bits per heavy atom. The first-order chi connectivity index (χ1) is 17.6. The molecule has 1 N–H and O–H groups in total. The summed E-state index contributed by atoms with van der Waals surface area (Å²) in [6.07, 6.45) is 3.45. The standard InChI is InChI=1S/C26H38N8O2/c1-19-5-8-32(9-6-19)25-28-24(27-7-10-31-11-13-36-14-12-31)29-26(30-25)33-16-20-15-21(18-33)22-3-2-4-23(35)34(22)17-20/h2-4,19-21H,5-18H2,1H3,(H,27,28,29,30)/t20-,21-/m0/s1. The summed E-state index contributed by atoms with van der Waals surface area (Å²) < 4.78 is 7.45. The third-order valence-corrected chi connectivity index (χ3v) is 8.26. The lowest BCUT2D eigenvalue weighted by atomic mass is 9.83. The summed E-state index contributed by atoms with van der Waals surface area (Å²) in [6, 6.07) is 5.68. The lowest BCUT2D eigenvalue weighted by Crippen LogP contribution is -2.48. The molecule has 0 aliphatic carbocycles. The second-order valence-corrected chi connectivity index (χ2v) is 10.9. The molecular formula is C26H38N8O2. The Balaban J connectivity index is 1.23. The van der Waals surface area contributed by atoms with Crippen molar-refractivity contribution in [2.24, 2.45) is 11.8 Å². The number of morpholine rings is 1. The fourth-order valence-electron chi connectivity index (χ4n) is 6.13. The lowest BCUT2D eigenvalue weighted by molar-refractivity contribution is 0.0398. The molecule has 6 heterocycles. The molecule has 10 heteroatoms. The minimum absolute atomic E-state index is 0.115. The van der Waals surface area contributed by atoms with E-state index in [2.05, 4.69) is 33.0 Å². The van der Waals surface area contributed by atoms with E-state index in [0.717, 1.165) is 102 Å². The van der Waals surface area contributed by atoms with Gasteiger partial charge >= 0.3 is 0 Å². The first-order valence-electron chi connectivity index (χ1n) is 13.6. The maximum Gasteiger partial charge on any atom is 0.250 e. The average molecular weight is 495 g/mol. The lowest BCUT2D eigenvalue weighted by Gasteiger charge is -2.43.